The number of nitrogen functional groups attached to an aromatic ring is 1. The van der Waals surface area contributed by atoms with Gasteiger partial charge >= 0.3 is 5.97 Å². The molecule has 0 saturated heterocycles. The van der Waals surface area contributed by atoms with Gasteiger partial charge in [0, 0.05) is 11.5 Å². The number of anilines is 1. The molecule has 1 aliphatic rings. The van der Waals surface area contributed by atoms with E-state index in [0.717, 1.165) is 24.4 Å². The van der Waals surface area contributed by atoms with Crippen LogP contribution in [0.2, 0.25) is 0 Å². The van der Waals surface area contributed by atoms with Crippen LogP contribution in [0.4, 0.5) is 5.13 Å². The molecule has 1 saturated carbocycles. The second kappa shape index (κ2) is 3.81. The number of carboxylic acid groups (broad SMARTS) is 1. The number of aliphatic carboxylic acids is 1. The molecule has 0 aliphatic heterocycles. The molecule has 15 heavy (non-hydrogen) atoms. The third kappa shape index (κ3) is 2.40. The molecule has 3 N–H and O–H groups in total. The van der Waals surface area contributed by atoms with Gasteiger partial charge in [0.05, 0.1) is 0 Å². The maximum absolute atomic E-state index is 10.8. The van der Waals surface area contributed by atoms with Crippen LogP contribution in [0.25, 0.3) is 0 Å². The average molecular weight is 228 g/mol. The van der Waals surface area contributed by atoms with Crippen LogP contribution in [-0.2, 0) is 9.63 Å². The second-order valence-corrected chi connectivity index (χ2v) is 3.79. The zero-order chi connectivity index (χ0) is 10.8. The van der Waals surface area contributed by atoms with Crippen molar-refractivity contribution in [1.82, 2.24) is 9.36 Å². The Bertz CT molecular complexity index is 412. The van der Waals surface area contributed by atoms with Gasteiger partial charge in [-0.15, -0.1) is 0 Å². The smallest absolute Gasteiger partial charge is 0.362 e. The molecule has 1 heterocycles. The van der Waals surface area contributed by atoms with E-state index in [0.29, 0.717) is 0 Å². The summed E-state index contributed by atoms with van der Waals surface area (Å²) in [6, 6.07) is 0. The second-order valence-electron chi connectivity index (χ2n) is 3.01. The highest BCUT2D eigenvalue weighted by Gasteiger charge is 2.26. The number of carbonyl (C=O) groups is 1. The molecule has 2 rings (SSSR count). The van der Waals surface area contributed by atoms with Crippen molar-refractivity contribution in [2.75, 3.05) is 5.73 Å². The molecule has 0 spiro atoms. The van der Waals surface area contributed by atoms with Gasteiger partial charge in [0.15, 0.2) is 5.13 Å². The minimum Gasteiger partial charge on any atom is -0.476 e. The molecule has 0 atom stereocenters. The van der Waals surface area contributed by atoms with E-state index in [1.807, 2.05) is 0 Å². The first-order valence-electron chi connectivity index (χ1n) is 4.23. The van der Waals surface area contributed by atoms with E-state index in [1.54, 1.807) is 0 Å². The standard InChI is InChI=1S/C7H8N4O3S/c8-7-9-5(11-15-7)4(6(12)13)10-14-3-1-2-3/h3H,1-2H2,(H,12,13)(H2,8,9,11)/b10-4+. The molecule has 0 bridgehead atoms. The Morgan fingerprint density at radius 3 is 2.87 bits per heavy atom. The number of carboxylic acids is 1. The van der Waals surface area contributed by atoms with Gasteiger partial charge in [0.25, 0.3) is 0 Å². The van der Waals surface area contributed by atoms with E-state index in [2.05, 4.69) is 14.5 Å². The summed E-state index contributed by atoms with van der Waals surface area (Å²) in [6.45, 7) is 0. The average Bonchev–Trinajstić information content (AvgIpc) is 2.89. The van der Waals surface area contributed by atoms with Gasteiger partial charge in [-0.3, -0.25) is 0 Å². The summed E-state index contributed by atoms with van der Waals surface area (Å²) >= 11 is 0.917. The third-order valence-corrected chi connectivity index (χ3v) is 2.22. The zero-order valence-electron chi connectivity index (χ0n) is 7.58. The summed E-state index contributed by atoms with van der Waals surface area (Å²) in [4.78, 5) is 19.5. The van der Waals surface area contributed by atoms with Crippen LogP contribution in [0.1, 0.15) is 18.7 Å². The predicted octanol–water partition coefficient (Wildman–Crippen LogP) is 0.0880. The molecule has 8 heteroatoms. The summed E-state index contributed by atoms with van der Waals surface area (Å²) < 4.78 is 3.75. The maximum atomic E-state index is 10.8. The van der Waals surface area contributed by atoms with Gasteiger partial charge in [-0.25, -0.2) is 4.79 Å². The van der Waals surface area contributed by atoms with Crippen molar-refractivity contribution in [3.63, 3.8) is 0 Å². The maximum Gasteiger partial charge on any atom is 0.362 e. The van der Waals surface area contributed by atoms with Gasteiger partial charge in [0.2, 0.25) is 11.5 Å². The SMILES string of the molecule is Nc1nc(/C(=N\OC2CC2)C(=O)O)ns1. The molecule has 0 radical (unpaired) electrons. The molecule has 0 aromatic carbocycles. The third-order valence-electron chi connectivity index (χ3n) is 1.67. The molecule has 0 unspecified atom stereocenters. The molecular weight excluding hydrogens is 220 g/mol. The molecular formula is C7H8N4O3S. The van der Waals surface area contributed by atoms with Gasteiger partial charge < -0.3 is 15.7 Å². The molecule has 1 fully saturated rings. The zero-order valence-corrected chi connectivity index (χ0v) is 8.40. The minimum absolute atomic E-state index is 0.00866. The summed E-state index contributed by atoms with van der Waals surface area (Å²) in [5.41, 5.74) is 5.03. The molecule has 1 aliphatic carbocycles. The fraction of sp³-hybridized carbons (Fsp3) is 0.429. The lowest BCUT2D eigenvalue weighted by Crippen LogP contribution is -2.17. The van der Waals surface area contributed by atoms with Crippen LogP contribution < -0.4 is 5.73 Å². The van der Waals surface area contributed by atoms with Crippen LogP contribution in [0.3, 0.4) is 0 Å². The van der Waals surface area contributed by atoms with Crippen LogP contribution in [-0.4, -0.2) is 32.2 Å². The lowest BCUT2D eigenvalue weighted by molar-refractivity contribution is -0.129. The van der Waals surface area contributed by atoms with E-state index in [4.69, 9.17) is 15.7 Å². The highest BCUT2D eigenvalue weighted by atomic mass is 32.1. The fourth-order valence-electron chi connectivity index (χ4n) is 0.808. The molecule has 1 aromatic heterocycles. The number of rotatable bonds is 4. The van der Waals surface area contributed by atoms with Crippen molar-refractivity contribution in [3.8, 4) is 0 Å². The quantitative estimate of drug-likeness (QED) is 0.558. The monoisotopic (exact) mass is 228 g/mol. The van der Waals surface area contributed by atoms with E-state index in [1.165, 1.54) is 0 Å². The van der Waals surface area contributed by atoms with Gasteiger partial charge in [-0.05, 0) is 12.8 Å². The summed E-state index contributed by atoms with van der Waals surface area (Å²) in [5.74, 6) is -1.24. The number of oxime groups is 1. The lowest BCUT2D eigenvalue weighted by atomic mass is 10.4. The Hall–Kier alpha value is -1.70. The van der Waals surface area contributed by atoms with Gasteiger partial charge in [0.1, 0.15) is 6.10 Å². The summed E-state index contributed by atoms with van der Waals surface area (Å²) in [7, 11) is 0. The van der Waals surface area contributed by atoms with E-state index in [-0.39, 0.29) is 22.8 Å². The topological polar surface area (TPSA) is 111 Å². The van der Waals surface area contributed by atoms with E-state index >= 15 is 0 Å². The first-order valence-corrected chi connectivity index (χ1v) is 5.01. The molecule has 7 nitrogen and oxygen atoms in total. The van der Waals surface area contributed by atoms with E-state index in [9.17, 15) is 4.79 Å². The Balaban J connectivity index is 2.17. The van der Waals surface area contributed by atoms with Crippen LogP contribution in [0.15, 0.2) is 5.16 Å². The minimum atomic E-state index is -1.23. The fourth-order valence-corrected chi connectivity index (χ4v) is 1.24. The number of nitrogens with zero attached hydrogens (tertiary/aromatic N) is 3. The van der Waals surface area contributed by atoms with Crippen molar-refractivity contribution >= 4 is 28.3 Å². The van der Waals surface area contributed by atoms with Crippen LogP contribution in [0, 0.1) is 0 Å². The van der Waals surface area contributed by atoms with Crippen LogP contribution >= 0.6 is 11.5 Å². The Labute approximate surface area is 88.7 Å². The lowest BCUT2D eigenvalue weighted by Gasteiger charge is -1.96. The van der Waals surface area contributed by atoms with Gasteiger partial charge in [-0.2, -0.15) is 9.36 Å². The Morgan fingerprint density at radius 1 is 1.67 bits per heavy atom. The number of nitrogens with two attached hydrogens (primary N) is 1. The summed E-state index contributed by atoms with van der Waals surface area (Å²) in [5, 5.41) is 12.6. The highest BCUT2D eigenvalue weighted by Crippen LogP contribution is 2.23. The van der Waals surface area contributed by atoms with Crippen molar-refractivity contribution in [3.05, 3.63) is 5.82 Å². The normalized spacial score (nSPS) is 16.4. The first-order chi connectivity index (χ1) is 7.16. The molecule has 80 valence electrons. The van der Waals surface area contributed by atoms with Crippen molar-refractivity contribution < 1.29 is 14.7 Å². The van der Waals surface area contributed by atoms with Crippen molar-refractivity contribution in [1.29, 1.82) is 0 Å². The van der Waals surface area contributed by atoms with Crippen LogP contribution in [0.5, 0.6) is 0 Å². The number of hydrogen-bond donors (Lipinski definition) is 2. The van der Waals surface area contributed by atoms with E-state index < -0.39 is 5.97 Å². The summed E-state index contributed by atoms with van der Waals surface area (Å²) in [6.07, 6.45) is 1.85. The largest absolute Gasteiger partial charge is 0.476 e. The Kier molecular flexibility index (Phi) is 2.50. The highest BCUT2D eigenvalue weighted by molar-refractivity contribution is 7.09. The molecule has 0 amide bonds. The number of hydrogen-bond acceptors (Lipinski definition) is 7. The van der Waals surface area contributed by atoms with Gasteiger partial charge in [-0.1, -0.05) is 5.16 Å². The molecule has 1 aromatic rings. The Morgan fingerprint density at radius 2 is 2.40 bits per heavy atom. The number of aromatic nitrogens is 2. The van der Waals surface area contributed by atoms with Crippen molar-refractivity contribution in [2.24, 2.45) is 5.16 Å². The first kappa shape index (κ1) is 9.84. The van der Waals surface area contributed by atoms with Crippen molar-refractivity contribution in [2.45, 2.75) is 18.9 Å². The predicted molar refractivity (Wildman–Crippen MR) is 52.6 cm³/mol.